The standard InChI is InChI=1S/C17H21NO5S/c1-13-4-9-17(22-3)16(12-13)18-24(19,20)15-7-5-14(6-8-15)23-11-10-21-2/h4-9,12,18H,10-11H2,1-3H3. The second-order valence-corrected chi connectivity index (χ2v) is 6.80. The first-order chi connectivity index (χ1) is 11.5. The van der Waals surface area contributed by atoms with Crippen molar-refractivity contribution in [2.45, 2.75) is 11.8 Å². The minimum Gasteiger partial charge on any atom is -0.495 e. The molecule has 130 valence electrons. The number of benzene rings is 2. The molecule has 6 nitrogen and oxygen atoms in total. The summed E-state index contributed by atoms with van der Waals surface area (Å²) in [6, 6.07) is 11.5. The summed E-state index contributed by atoms with van der Waals surface area (Å²) in [5.41, 5.74) is 1.33. The number of rotatable bonds is 8. The van der Waals surface area contributed by atoms with E-state index < -0.39 is 10.0 Å². The molecule has 2 aromatic carbocycles. The average molecular weight is 351 g/mol. The zero-order valence-corrected chi connectivity index (χ0v) is 14.7. The fourth-order valence-electron chi connectivity index (χ4n) is 2.06. The van der Waals surface area contributed by atoms with E-state index in [2.05, 4.69) is 4.72 Å². The fourth-order valence-corrected chi connectivity index (χ4v) is 3.12. The van der Waals surface area contributed by atoms with Crippen molar-refractivity contribution in [3.05, 3.63) is 48.0 Å². The minimum atomic E-state index is -3.71. The highest BCUT2D eigenvalue weighted by atomic mass is 32.2. The van der Waals surface area contributed by atoms with Crippen LogP contribution in [-0.4, -0.2) is 35.9 Å². The maximum atomic E-state index is 12.5. The number of nitrogens with one attached hydrogen (secondary N) is 1. The van der Waals surface area contributed by atoms with Gasteiger partial charge in [-0.15, -0.1) is 0 Å². The normalized spacial score (nSPS) is 11.1. The van der Waals surface area contributed by atoms with Gasteiger partial charge in [0.1, 0.15) is 18.1 Å². The number of aryl methyl sites for hydroxylation is 1. The summed E-state index contributed by atoms with van der Waals surface area (Å²) in [5, 5.41) is 0. The molecule has 7 heteroatoms. The SMILES string of the molecule is COCCOc1ccc(S(=O)(=O)Nc2cc(C)ccc2OC)cc1. The van der Waals surface area contributed by atoms with Gasteiger partial charge in [-0.05, 0) is 48.9 Å². The molecule has 0 saturated heterocycles. The molecule has 2 aromatic rings. The Morgan fingerprint density at radius 1 is 1.00 bits per heavy atom. The molecule has 0 atom stereocenters. The summed E-state index contributed by atoms with van der Waals surface area (Å²) < 4.78 is 43.1. The zero-order valence-electron chi connectivity index (χ0n) is 13.9. The van der Waals surface area contributed by atoms with Crippen molar-refractivity contribution in [3.63, 3.8) is 0 Å². The third-order valence-corrected chi connectivity index (χ3v) is 4.67. The van der Waals surface area contributed by atoms with Gasteiger partial charge in [0.05, 0.1) is 24.3 Å². The van der Waals surface area contributed by atoms with E-state index in [0.29, 0.717) is 30.4 Å². The van der Waals surface area contributed by atoms with E-state index in [1.807, 2.05) is 13.0 Å². The smallest absolute Gasteiger partial charge is 0.262 e. The van der Waals surface area contributed by atoms with Crippen LogP contribution in [0.15, 0.2) is 47.4 Å². The van der Waals surface area contributed by atoms with E-state index in [9.17, 15) is 8.42 Å². The highest BCUT2D eigenvalue weighted by molar-refractivity contribution is 7.92. The monoisotopic (exact) mass is 351 g/mol. The number of hydrogen-bond donors (Lipinski definition) is 1. The Labute approximate surface area is 142 Å². The van der Waals surface area contributed by atoms with Crippen LogP contribution in [0.25, 0.3) is 0 Å². The Kier molecular flexibility index (Phi) is 6.05. The topological polar surface area (TPSA) is 73.9 Å². The van der Waals surface area contributed by atoms with Crippen LogP contribution in [0.5, 0.6) is 11.5 Å². The molecule has 0 spiro atoms. The molecule has 0 bridgehead atoms. The summed E-state index contributed by atoms with van der Waals surface area (Å²) in [6.45, 7) is 2.75. The summed E-state index contributed by atoms with van der Waals surface area (Å²) in [4.78, 5) is 0.144. The highest BCUT2D eigenvalue weighted by Crippen LogP contribution is 2.28. The van der Waals surface area contributed by atoms with Crippen LogP contribution >= 0.6 is 0 Å². The van der Waals surface area contributed by atoms with Crippen molar-refractivity contribution in [1.29, 1.82) is 0 Å². The number of anilines is 1. The van der Waals surface area contributed by atoms with Gasteiger partial charge in [0.25, 0.3) is 10.0 Å². The van der Waals surface area contributed by atoms with Crippen molar-refractivity contribution in [2.24, 2.45) is 0 Å². The van der Waals surface area contributed by atoms with Gasteiger partial charge < -0.3 is 14.2 Å². The van der Waals surface area contributed by atoms with Crippen molar-refractivity contribution in [3.8, 4) is 11.5 Å². The average Bonchev–Trinajstić information content (AvgIpc) is 2.55. The van der Waals surface area contributed by atoms with Crippen LogP contribution < -0.4 is 14.2 Å². The summed E-state index contributed by atoms with van der Waals surface area (Å²) >= 11 is 0. The highest BCUT2D eigenvalue weighted by Gasteiger charge is 2.16. The van der Waals surface area contributed by atoms with Crippen LogP contribution in [0.1, 0.15) is 5.56 Å². The summed E-state index contributed by atoms with van der Waals surface area (Å²) in [5.74, 6) is 1.04. The molecular formula is C17H21NO5S. The van der Waals surface area contributed by atoms with E-state index in [1.54, 1.807) is 31.4 Å². The molecule has 24 heavy (non-hydrogen) atoms. The predicted octanol–water partition coefficient (Wildman–Crippen LogP) is 2.83. The van der Waals surface area contributed by atoms with E-state index >= 15 is 0 Å². The van der Waals surface area contributed by atoms with Crippen molar-refractivity contribution >= 4 is 15.7 Å². The third kappa shape index (κ3) is 4.62. The lowest BCUT2D eigenvalue weighted by molar-refractivity contribution is 0.146. The molecule has 0 radical (unpaired) electrons. The van der Waals surface area contributed by atoms with Gasteiger partial charge in [-0.1, -0.05) is 6.07 Å². The second kappa shape index (κ2) is 8.03. The Hall–Kier alpha value is -2.25. The molecule has 0 aliphatic heterocycles. The minimum absolute atomic E-state index is 0.144. The molecule has 2 rings (SSSR count). The van der Waals surface area contributed by atoms with Crippen molar-refractivity contribution < 1.29 is 22.6 Å². The van der Waals surface area contributed by atoms with Gasteiger partial charge in [-0.2, -0.15) is 0 Å². The number of hydrogen-bond acceptors (Lipinski definition) is 5. The molecule has 0 aliphatic rings. The lowest BCUT2D eigenvalue weighted by Gasteiger charge is -2.13. The first-order valence-electron chi connectivity index (χ1n) is 7.35. The van der Waals surface area contributed by atoms with Gasteiger partial charge in [-0.25, -0.2) is 8.42 Å². The molecule has 0 amide bonds. The van der Waals surface area contributed by atoms with Crippen LogP contribution in [0.4, 0.5) is 5.69 Å². The van der Waals surface area contributed by atoms with Crippen LogP contribution in [0.2, 0.25) is 0 Å². The van der Waals surface area contributed by atoms with Crippen molar-refractivity contribution in [1.82, 2.24) is 0 Å². The molecule has 0 aliphatic carbocycles. The first kappa shape index (κ1) is 18.1. The third-order valence-electron chi connectivity index (χ3n) is 3.29. The number of ether oxygens (including phenoxy) is 3. The molecular weight excluding hydrogens is 330 g/mol. The van der Waals surface area contributed by atoms with Gasteiger partial charge in [0.2, 0.25) is 0 Å². The fraction of sp³-hybridized carbons (Fsp3) is 0.294. The van der Waals surface area contributed by atoms with Crippen LogP contribution in [-0.2, 0) is 14.8 Å². The molecule has 0 saturated carbocycles. The van der Waals surface area contributed by atoms with E-state index in [0.717, 1.165) is 5.56 Å². The lowest BCUT2D eigenvalue weighted by atomic mass is 10.2. The molecule has 0 unspecified atom stereocenters. The molecule has 0 fully saturated rings. The summed E-state index contributed by atoms with van der Waals surface area (Å²) in [7, 11) is -0.633. The lowest BCUT2D eigenvalue weighted by Crippen LogP contribution is -2.14. The van der Waals surface area contributed by atoms with Crippen LogP contribution in [0.3, 0.4) is 0 Å². The van der Waals surface area contributed by atoms with Gasteiger partial charge in [0, 0.05) is 7.11 Å². The molecule has 0 heterocycles. The number of methoxy groups -OCH3 is 2. The van der Waals surface area contributed by atoms with Gasteiger partial charge in [-0.3, -0.25) is 4.72 Å². The van der Waals surface area contributed by atoms with Gasteiger partial charge in [0.15, 0.2) is 0 Å². The summed E-state index contributed by atoms with van der Waals surface area (Å²) in [6.07, 6.45) is 0. The van der Waals surface area contributed by atoms with Crippen LogP contribution in [0, 0.1) is 6.92 Å². The van der Waals surface area contributed by atoms with E-state index in [4.69, 9.17) is 14.2 Å². The molecule has 1 N–H and O–H groups in total. The Morgan fingerprint density at radius 2 is 1.71 bits per heavy atom. The predicted molar refractivity (Wildman–Crippen MR) is 92.4 cm³/mol. The second-order valence-electron chi connectivity index (χ2n) is 5.12. The van der Waals surface area contributed by atoms with E-state index in [1.165, 1.54) is 19.2 Å². The largest absolute Gasteiger partial charge is 0.495 e. The zero-order chi connectivity index (χ0) is 17.6. The maximum absolute atomic E-state index is 12.5. The van der Waals surface area contributed by atoms with E-state index in [-0.39, 0.29) is 4.90 Å². The Bertz CT molecular complexity index is 772. The molecule has 0 aromatic heterocycles. The number of sulfonamides is 1. The van der Waals surface area contributed by atoms with Crippen molar-refractivity contribution in [2.75, 3.05) is 32.2 Å². The Balaban J connectivity index is 2.17. The Morgan fingerprint density at radius 3 is 2.33 bits per heavy atom. The first-order valence-corrected chi connectivity index (χ1v) is 8.84. The van der Waals surface area contributed by atoms with Gasteiger partial charge >= 0.3 is 0 Å². The maximum Gasteiger partial charge on any atom is 0.262 e. The quantitative estimate of drug-likeness (QED) is 0.740.